The normalized spacial score (nSPS) is 11.2. The summed E-state index contributed by atoms with van der Waals surface area (Å²) in [6.07, 6.45) is 0. The zero-order chi connectivity index (χ0) is 15.6. The first-order valence-electron chi connectivity index (χ1n) is 6.19. The number of Topliss-reactive ketones (excluding diaryl/α,β-unsaturated/α-hetero) is 1. The number of benzene rings is 2. The minimum absolute atomic E-state index is 0.0548. The summed E-state index contributed by atoms with van der Waals surface area (Å²) < 4.78 is 27.8. The van der Waals surface area contributed by atoms with Gasteiger partial charge in [-0.3, -0.25) is 9.52 Å². The molecule has 0 atom stereocenters. The molecular weight excluding hydrogens is 401 g/mol. The van der Waals surface area contributed by atoms with Crippen LogP contribution in [0.5, 0.6) is 0 Å². The maximum atomic E-state index is 12.3. The van der Waals surface area contributed by atoms with E-state index in [4.69, 9.17) is 0 Å². The first kappa shape index (κ1) is 16.0. The third kappa shape index (κ3) is 3.82. The molecule has 0 unspecified atom stereocenters. The molecule has 6 heteroatoms. The fourth-order valence-electron chi connectivity index (χ4n) is 1.74. The molecule has 0 aliphatic rings. The summed E-state index contributed by atoms with van der Waals surface area (Å²) in [5, 5.41) is 0. The average Bonchev–Trinajstić information content (AvgIpc) is 2.41. The van der Waals surface area contributed by atoms with Gasteiger partial charge in [0, 0.05) is 9.13 Å². The summed E-state index contributed by atoms with van der Waals surface area (Å²) in [6.45, 7) is 3.37. The Morgan fingerprint density at radius 3 is 2.24 bits per heavy atom. The smallest absolute Gasteiger partial charge is 0.261 e. The van der Waals surface area contributed by atoms with E-state index in [1.807, 2.05) is 29.5 Å². The van der Waals surface area contributed by atoms with Crippen LogP contribution in [0.1, 0.15) is 22.8 Å². The predicted molar refractivity (Wildman–Crippen MR) is 91.2 cm³/mol. The Balaban J connectivity index is 2.32. The summed E-state index contributed by atoms with van der Waals surface area (Å²) in [4.78, 5) is 11.5. The zero-order valence-corrected chi connectivity index (χ0v) is 14.5. The van der Waals surface area contributed by atoms with Gasteiger partial charge in [0.05, 0.1) is 10.6 Å². The first-order chi connectivity index (χ1) is 9.79. The van der Waals surface area contributed by atoms with E-state index in [1.54, 1.807) is 42.5 Å². The minimum Gasteiger partial charge on any atom is -0.295 e. The SMILES string of the molecule is CC(=O)c1ccc(NS(=O)(=O)c2ccc(C)cc2)c(I)c1. The van der Waals surface area contributed by atoms with Crippen LogP contribution < -0.4 is 4.72 Å². The van der Waals surface area contributed by atoms with E-state index in [0.717, 1.165) is 5.56 Å². The van der Waals surface area contributed by atoms with Crippen LogP contribution in [-0.4, -0.2) is 14.2 Å². The molecule has 0 saturated carbocycles. The van der Waals surface area contributed by atoms with Crippen molar-refractivity contribution in [1.29, 1.82) is 0 Å². The first-order valence-corrected chi connectivity index (χ1v) is 8.76. The molecule has 1 N–H and O–H groups in total. The van der Waals surface area contributed by atoms with Gasteiger partial charge < -0.3 is 0 Å². The molecule has 0 aliphatic carbocycles. The summed E-state index contributed by atoms with van der Waals surface area (Å²) >= 11 is 2.00. The lowest BCUT2D eigenvalue weighted by Gasteiger charge is -2.10. The van der Waals surface area contributed by atoms with Crippen molar-refractivity contribution in [3.63, 3.8) is 0 Å². The highest BCUT2D eigenvalue weighted by molar-refractivity contribution is 14.1. The molecule has 21 heavy (non-hydrogen) atoms. The number of carbonyl (C=O) groups excluding carboxylic acids is 1. The van der Waals surface area contributed by atoms with E-state index < -0.39 is 10.0 Å². The number of sulfonamides is 1. The molecular formula is C15H14INO3S. The van der Waals surface area contributed by atoms with Gasteiger partial charge in [0.2, 0.25) is 0 Å². The van der Waals surface area contributed by atoms with E-state index in [-0.39, 0.29) is 10.7 Å². The highest BCUT2D eigenvalue weighted by Crippen LogP contribution is 2.23. The molecule has 0 heterocycles. The largest absolute Gasteiger partial charge is 0.295 e. The fourth-order valence-corrected chi connectivity index (χ4v) is 3.65. The second-order valence-corrected chi connectivity index (χ2v) is 7.51. The van der Waals surface area contributed by atoms with Crippen LogP contribution in [0.3, 0.4) is 0 Å². The maximum Gasteiger partial charge on any atom is 0.261 e. The summed E-state index contributed by atoms with van der Waals surface area (Å²) in [6, 6.07) is 11.5. The molecule has 0 radical (unpaired) electrons. The molecule has 0 amide bonds. The van der Waals surface area contributed by atoms with Crippen molar-refractivity contribution < 1.29 is 13.2 Å². The Kier molecular flexibility index (Phi) is 4.67. The second-order valence-electron chi connectivity index (χ2n) is 4.67. The van der Waals surface area contributed by atoms with E-state index in [9.17, 15) is 13.2 Å². The van der Waals surface area contributed by atoms with Crippen molar-refractivity contribution in [2.45, 2.75) is 18.7 Å². The van der Waals surface area contributed by atoms with Crippen LogP contribution in [0.4, 0.5) is 5.69 Å². The number of rotatable bonds is 4. The number of carbonyl (C=O) groups is 1. The molecule has 2 aromatic carbocycles. The van der Waals surface area contributed by atoms with Crippen LogP contribution in [0.25, 0.3) is 0 Å². The van der Waals surface area contributed by atoms with Gasteiger partial charge in [-0.25, -0.2) is 8.42 Å². The molecule has 0 aliphatic heterocycles. The van der Waals surface area contributed by atoms with E-state index in [0.29, 0.717) is 14.8 Å². The second kappa shape index (κ2) is 6.15. The molecule has 110 valence electrons. The van der Waals surface area contributed by atoms with Crippen molar-refractivity contribution in [3.05, 3.63) is 57.2 Å². The number of halogens is 1. The molecule has 0 saturated heterocycles. The average molecular weight is 415 g/mol. The Labute approximate surface area is 137 Å². The Morgan fingerprint density at radius 2 is 1.71 bits per heavy atom. The standard InChI is InChI=1S/C15H14INO3S/c1-10-3-6-13(7-4-10)21(19,20)17-15-8-5-12(11(2)18)9-14(15)16/h3-9,17H,1-2H3. The van der Waals surface area contributed by atoms with Gasteiger partial charge >= 0.3 is 0 Å². The van der Waals surface area contributed by atoms with Gasteiger partial charge in [0.25, 0.3) is 10.0 Å². The van der Waals surface area contributed by atoms with Gasteiger partial charge in [0.15, 0.2) is 5.78 Å². The van der Waals surface area contributed by atoms with E-state index in [1.165, 1.54) is 6.92 Å². The van der Waals surface area contributed by atoms with Crippen molar-refractivity contribution in [2.24, 2.45) is 0 Å². The van der Waals surface area contributed by atoms with Crippen LogP contribution in [0, 0.1) is 10.5 Å². The van der Waals surface area contributed by atoms with Crippen LogP contribution in [0.15, 0.2) is 47.4 Å². The molecule has 0 aromatic heterocycles. The summed E-state index contributed by atoms with van der Waals surface area (Å²) in [7, 11) is -3.63. The van der Waals surface area contributed by atoms with Gasteiger partial charge in [-0.1, -0.05) is 17.7 Å². The fraction of sp³-hybridized carbons (Fsp3) is 0.133. The molecule has 2 aromatic rings. The zero-order valence-electron chi connectivity index (χ0n) is 11.6. The lowest BCUT2D eigenvalue weighted by Crippen LogP contribution is -2.14. The summed E-state index contributed by atoms with van der Waals surface area (Å²) in [5.74, 6) is -0.0548. The van der Waals surface area contributed by atoms with Crippen molar-refractivity contribution in [2.75, 3.05) is 4.72 Å². The lowest BCUT2D eigenvalue weighted by molar-refractivity contribution is 0.101. The predicted octanol–water partition coefficient (Wildman–Crippen LogP) is 3.60. The van der Waals surface area contributed by atoms with Crippen LogP contribution in [-0.2, 0) is 10.0 Å². The lowest BCUT2D eigenvalue weighted by atomic mass is 10.1. The molecule has 2 rings (SSSR count). The minimum atomic E-state index is -3.63. The maximum absolute atomic E-state index is 12.3. The number of anilines is 1. The topological polar surface area (TPSA) is 63.2 Å². The third-order valence-electron chi connectivity index (χ3n) is 2.95. The monoisotopic (exact) mass is 415 g/mol. The quantitative estimate of drug-likeness (QED) is 0.613. The Bertz CT molecular complexity index is 783. The molecule has 0 bridgehead atoms. The highest BCUT2D eigenvalue weighted by Gasteiger charge is 2.15. The Hall–Kier alpha value is -1.41. The molecule has 0 fully saturated rings. The molecule has 4 nitrogen and oxygen atoms in total. The third-order valence-corrected chi connectivity index (χ3v) is 5.23. The van der Waals surface area contributed by atoms with Crippen molar-refractivity contribution in [1.82, 2.24) is 0 Å². The number of ketones is 1. The van der Waals surface area contributed by atoms with Crippen molar-refractivity contribution in [3.8, 4) is 0 Å². The van der Waals surface area contributed by atoms with Gasteiger partial charge in [-0.15, -0.1) is 0 Å². The highest BCUT2D eigenvalue weighted by atomic mass is 127. The van der Waals surface area contributed by atoms with Crippen molar-refractivity contribution >= 4 is 44.1 Å². The number of hydrogen-bond donors (Lipinski definition) is 1. The van der Waals surface area contributed by atoms with Crippen LogP contribution in [0.2, 0.25) is 0 Å². The number of aryl methyl sites for hydroxylation is 1. The van der Waals surface area contributed by atoms with Gasteiger partial charge in [-0.2, -0.15) is 0 Å². The van der Waals surface area contributed by atoms with Gasteiger partial charge in [0.1, 0.15) is 0 Å². The van der Waals surface area contributed by atoms with Crippen LogP contribution >= 0.6 is 22.6 Å². The van der Waals surface area contributed by atoms with E-state index in [2.05, 4.69) is 4.72 Å². The van der Waals surface area contributed by atoms with E-state index >= 15 is 0 Å². The number of nitrogens with one attached hydrogen (secondary N) is 1. The van der Waals surface area contributed by atoms with Gasteiger partial charge in [-0.05, 0) is 66.8 Å². The Morgan fingerprint density at radius 1 is 1.10 bits per heavy atom. The summed E-state index contributed by atoms with van der Waals surface area (Å²) in [5.41, 5.74) is 2.01. The molecule has 0 spiro atoms. The number of hydrogen-bond acceptors (Lipinski definition) is 3.